The predicted molar refractivity (Wildman–Crippen MR) is 186 cm³/mol. The van der Waals surface area contributed by atoms with Crippen LogP contribution in [0.1, 0.15) is 127 Å². The quantitative estimate of drug-likeness (QED) is 0.124. The van der Waals surface area contributed by atoms with Crippen molar-refractivity contribution in [3.63, 3.8) is 0 Å². The maximum absolute atomic E-state index is 5.22. The molecule has 0 bridgehead atoms. The fourth-order valence-corrected chi connectivity index (χ4v) is 4.97. The van der Waals surface area contributed by atoms with E-state index in [-0.39, 0.29) is 0 Å². The fourth-order valence-electron chi connectivity index (χ4n) is 4.97. The van der Waals surface area contributed by atoms with Crippen LogP contribution in [0.3, 0.4) is 0 Å². The van der Waals surface area contributed by atoms with Crippen molar-refractivity contribution in [3.05, 3.63) is 82.2 Å². The number of para-hydroxylation sites is 2. The molecule has 3 rings (SSSR count). The second kappa shape index (κ2) is 15.9. The molecule has 6 heteroatoms. The molecule has 214 valence electrons. The van der Waals surface area contributed by atoms with Gasteiger partial charge in [0, 0.05) is 7.05 Å². The van der Waals surface area contributed by atoms with Crippen LogP contribution in [0.2, 0.25) is 0 Å². The van der Waals surface area contributed by atoms with Gasteiger partial charge in [-0.3, -0.25) is 9.98 Å². The molecule has 0 saturated heterocycles. The molecule has 0 spiro atoms. The van der Waals surface area contributed by atoms with Crippen molar-refractivity contribution in [1.82, 2.24) is 4.57 Å². The Labute approximate surface area is 266 Å². The van der Waals surface area contributed by atoms with Crippen molar-refractivity contribution in [2.45, 2.75) is 92.9 Å². The second-order valence-electron chi connectivity index (χ2n) is 11.3. The van der Waals surface area contributed by atoms with Gasteiger partial charge in [-0.05, 0) is 71.9 Å². The summed E-state index contributed by atoms with van der Waals surface area (Å²) in [7, 11) is 3.31. The van der Waals surface area contributed by atoms with Crippen LogP contribution in [0.5, 0.6) is 0 Å². The van der Waals surface area contributed by atoms with Crippen LogP contribution in [0.15, 0.2) is 58.5 Å². The van der Waals surface area contributed by atoms with E-state index in [2.05, 4.69) is 170 Å². The van der Waals surface area contributed by atoms with Gasteiger partial charge in [-0.25, -0.2) is 0 Å². The number of hydrogen-bond donors (Lipinski definition) is 0. The molecule has 2 aromatic carbocycles. The van der Waals surface area contributed by atoms with Crippen molar-refractivity contribution < 1.29 is 8.46 Å². The Bertz CT molecular complexity index is 1150. The van der Waals surface area contributed by atoms with Crippen molar-refractivity contribution in [1.29, 1.82) is 0 Å². The van der Waals surface area contributed by atoms with E-state index in [0.717, 1.165) is 34.2 Å². The van der Waals surface area contributed by atoms with Gasteiger partial charge in [0.05, 0.1) is 34.2 Å². The predicted octanol–water partition coefficient (Wildman–Crippen LogP) is 11.6. The number of aromatic nitrogens is 1. The molecule has 1 aromatic heterocycles. The SMILES string of the molecule is CC(=Nc1c(C(C)C)cccc1C(C)C)c1ccc(C(C)=Nc2c(C(C)C)cccc2C(C)C)n1C.[I][Fe][I]. The third-order valence-electron chi connectivity index (χ3n) is 7.11. The van der Waals surface area contributed by atoms with Crippen molar-refractivity contribution >= 4 is 63.5 Å². The summed E-state index contributed by atoms with van der Waals surface area (Å²) in [6.45, 7) is 22.2. The zero-order valence-corrected chi connectivity index (χ0v) is 30.8. The Hall–Kier alpha value is -0.961. The van der Waals surface area contributed by atoms with E-state index in [1.165, 1.54) is 30.7 Å². The molecule has 0 radical (unpaired) electrons. The molecule has 3 nitrogen and oxygen atoms in total. The molecular weight excluding hydrogens is 748 g/mol. The molecule has 0 N–H and O–H groups in total. The second-order valence-corrected chi connectivity index (χ2v) is 20.6. The van der Waals surface area contributed by atoms with Gasteiger partial charge in [-0.1, -0.05) is 91.8 Å². The van der Waals surface area contributed by atoms with Crippen LogP contribution in [0.25, 0.3) is 0 Å². The summed E-state index contributed by atoms with van der Waals surface area (Å²) in [6.07, 6.45) is 0. The average Bonchev–Trinajstić information content (AvgIpc) is 3.25. The summed E-state index contributed by atoms with van der Waals surface area (Å²) in [6, 6.07) is 17.6. The van der Waals surface area contributed by atoms with E-state index < -0.39 is 0 Å². The van der Waals surface area contributed by atoms with Gasteiger partial charge in [0.1, 0.15) is 0 Å². The summed E-state index contributed by atoms with van der Waals surface area (Å²) in [4.78, 5) is 10.4. The number of halogens is 2. The van der Waals surface area contributed by atoms with Gasteiger partial charge in [-0.15, -0.1) is 0 Å². The molecule has 0 atom stereocenters. The van der Waals surface area contributed by atoms with Crippen LogP contribution in [0, 0.1) is 0 Å². The first kappa shape index (κ1) is 34.2. The minimum absolute atomic E-state index is 0.421. The molecule has 0 aliphatic carbocycles. The van der Waals surface area contributed by atoms with Crippen LogP contribution in [-0.2, 0) is 15.5 Å². The van der Waals surface area contributed by atoms with E-state index in [1.807, 2.05) is 0 Å². The summed E-state index contributed by atoms with van der Waals surface area (Å²) in [5.74, 6) is 1.68. The van der Waals surface area contributed by atoms with Gasteiger partial charge in [0.2, 0.25) is 0 Å². The molecule has 0 saturated carbocycles. The third-order valence-corrected chi connectivity index (χ3v) is 7.11. The first-order valence-corrected chi connectivity index (χ1v) is 20.9. The van der Waals surface area contributed by atoms with Crippen molar-refractivity contribution in [3.8, 4) is 0 Å². The monoisotopic (exact) mass is 793 g/mol. The first-order valence-electron chi connectivity index (χ1n) is 13.7. The summed E-state index contributed by atoms with van der Waals surface area (Å²) < 4.78 is 2.23. The molecule has 0 aliphatic heterocycles. The Balaban J connectivity index is 0.00000170. The number of rotatable bonds is 8. The minimum atomic E-state index is 0.421. The standard InChI is InChI=1S/C33H45N3.Fe.2HI/c1-20(2)26-14-12-15-27(21(3)4)32(26)34-24(9)30-18-19-31(36(30)11)25(10)35-33-28(22(5)6)16-13-17-29(33)23(7)8;;;/h12-23H,1-11H3;;2*1H/q;+2;;/p-2. The normalized spacial score (nSPS) is 12.6. The van der Waals surface area contributed by atoms with E-state index in [1.54, 1.807) is 0 Å². The number of nitrogens with zero attached hydrogens (tertiary/aromatic N) is 3. The average molecular weight is 793 g/mol. The van der Waals surface area contributed by atoms with Gasteiger partial charge in [-0.2, -0.15) is 0 Å². The van der Waals surface area contributed by atoms with E-state index in [4.69, 9.17) is 9.98 Å². The van der Waals surface area contributed by atoms with Gasteiger partial charge in [0.15, 0.2) is 0 Å². The number of hydrogen-bond acceptors (Lipinski definition) is 2. The summed E-state index contributed by atoms with van der Waals surface area (Å²) in [5, 5.41) is 0. The van der Waals surface area contributed by atoms with Gasteiger partial charge in [0.25, 0.3) is 0 Å². The van der Waals surface area contributed by atoms with Crippen LogP contribution in [0.4, 0.5) is 11.4 Å². The fraction of sp³-hybridized carbons (Fsp3) is 0.455. The van der Waals surface area contributed by atoms with Crippen LogP contribution >= 0.6 is 40.7 Å². The molecule has 0 fully saturated rings. The van der Waals surface area contributed by atoms with Gasteiger partial charge < -0.3 is 4.57 Å². The maximum atomic E-state index is 5.22. The zero-order valence-electron chi connectivity index (χ0n) is 25.4. The molecule has 3 aromatic rings. The molecular formula is C33H45FeI2N3. The number of aliphatic imine (C=N–C) groups is 2. The van der Waals surface area contributed by atoms with Gasteiger partial charge >= 0.3 is 49.1 Å². The van der Waals surface area contributed by atoms with Crippen molar-refractivity contribution in [2.24, 2.45) is 17.0 Å². The van der Waals surface area contributed by atoms with Crippen molar-refractivity contribution in [2.75, 3.05) is 0 Å². The zero-order chi connectivity index (χ0) is 29.4. The van der Waals surface area contributed by atoms with E-state index in [0.29, 0.717) is 23.7 Å². The Morgan fingerprint density at radius 2 is 0.846 bits per heavy atom. The Morgan fingerprint density at radius 3 is 1.08 bits per heavy atom. The molecule has 0 unspecified atom stereocenters. The summed E-state index contributed by atoms with van der Waals surface area (Å²) in [5.41, 5.74) is 11.8. The third kappa shape index (κ3) is 8.76. The van der Waals surface area contributed by atoms with Crippen LogP contribution in [-0.4, -0.2) is 16.0 Å². The van der Waals surface area contributed by atoms with E-state index >= 15 is 0 Å². The van der Waals surface area contributed by atoms with Crippen LogP contribution < -0.4 is 0 Å². The molecule has 0 aliphatic rings. The summed E-state index contributed by atoms with van der Waals surface area (Å²) >= 11 is 4.55. The Morgan fingerprint density at radius 1 is 0.590 bits per heavy atom. The molecule has 39 heavy (non-hydrogen) atoms. The molecule has 0 amide bonds. The first-order chi connectivity index (χ1) is 18.3. The number of benzene rings is 2. The topological polar surface area (TPSA) is 29.6 Å². The molecule has 1 heterocycles. The van der Waals surface area contributed by atoms with E-state index in [9.17, 15) is 0 Å². The Kier molecular flexibility index (Phi) is 13.9.